The zero-order valence-corrected chi connectivity index (χ0v) is 13.1. The van der Waals surface area contributed by atoms with Crippen molar-refractivity contribution in [3.63, 3.8) is 0 Å². The van der Waals surface area contributed by atoms with Crippen LogP contribution in [0.1, 0.15) is 18.4 Å². The SMILES string of the molecule is C[C@H]1CO[C@]2([NH+]=C(N)[C@@]3(C#N)[C@@H](c4ccc(Cl)cc4)[C@@]23C#N)O1. The maximum atomic E-state index is 9.98. The topological polar surface area (TPSA) is 106 Å². The van der Waals surface area contributed by atoms with E-state index in [0.717, 1.165) is 5.56 Å². The fourth-order valence-corrected chi connectivity index (χ4v) is 4.25. The molecule has 1 aliphatic carbocycles. The van der Waals surface area contributed by atoms with Gasteiger partial charge >= 0.3 is 5.91 Å². The van der Waals surface area contributed by atoms with Crippen molar-refractivity contribution in [2.24, 2.45) is 16.6 Å². The van der Waals surface area contributed by atoms with E-state index in [1.54, 1.807) is 12.1 Å². The highest BCUT2D eigenvalue weighted by Gasteiger charge is 2.97. The number of nitrogens with one attached hydrogen (secondary N) is 1. The number of nitrogens with zero attached hydrogens (tertiary/aromatic N) is 2. The minimum absolute atomic E-state index is 0.193. The van der Waals surface area contributed by atoms with Gasteiger partial charge in [-0.3, -0.25) is 5.73 Å². The number of hydrogen-bond acceptors (Lipinski definition) is 5. The van der Waals surface area contributed by atoms with Crippen LogP contribution >= 0.6 is 11.6 Å². The lowest BCUT2D eigenvalue weighted by Crippen LogP contribution is -2.90. The normalized spacial score (nSPS) is 43.6. The number of benzene rings is 1. The second-order valence-corrected chi connectivity index (χ2v) is 6.66. The number of fused-ring (bicyclic) bond motifs is 2. The molecule has 1 saturated heterocycles. The number of rotatable bonds is 1. The van der Waals surface area contributed by atoms with Crippen LogP contribution in [0.2, 0.25) is 5.02 Å². The summed E-state index contributed by atoms with van der Waals surface area (Å²) in [5, 5.41) is 20.4. The Morgan fingerprint density at radius 3 is 2.52 bits per heavy atom. The second kappa shape index (κ2) is 4.24. The van der Waals surface area contributed by atoms with Gasteiger partial charge in [0.2, 0.25) is 0 Å². The Kier molecular flexibility index (Phi) is 2.67. The molecule has 1 spiro atoms. The van der Waals surface area contributed by atoms with E-state index >= 15 is 0 Å². The molecule has 0 bridgehead atoms. The lowest BCUT2D eigenvalue weighted by atomic mass is 9.94. The fourth-order valence-electron chi connectivity index (χ4n) is 4.12. The van der Waals surface area contributed by atoms with Gasteiger partial charge in [0.1, 0.15) is 0 Å². The van der Waals surface area contributed by atoms with Crippen molar-refractivity contribution in [1.82, 2.24) is 0 Å². The van der Waals surface area contributed by atoms with Crippen molar-refractivity contribution in [2.75, 3.05) is 6.61 Å². The molecular weight excluding hydrogens is 316 g/mol. The molecule has 0 aromatic heterocycles. The van der Waals surface area contributed by atoms with Gasteiger partial charge in [-0.2, -0.15) is 10.5 Å². The van der Waals surface area contributed by atoms with Gasteiger partial charge in [-0.15, -0.1) is 0 Å². The molecule has 2 fully saturated rings. The van der Waals surface area contributed by atoms with Gasteiger partial charge < -0.3 is 9.47 Å². The predicted octanol–water partition coefficient (Wildman–Crippen LogP) is -0.00234. The third kappa shape index (κ3) is 1.38. The van der Waals surface area contributed by atoms with Gasteiger partial charge in [0.25, 0.3) is 5.84 Å². The minimum Gasteiger partial charge on any atom is -0.311 e. The molecule has 4 rings (SSSR count). The van der Waals surface area contributed by atoms with E-state index in [0.29, 0.717) is 11.6 Å². The largest absolute Gasteiger partial charge is 0.343 e. The minimum atomic E-state index is -1.38. The summed E-state index contributed by atoms with van der Waals surface area (Å²) in [5.41, 5.74) is 4.54. The smallest absolute Gasteiger partial charge is 0.311 e. The van der Waals surface area contributed by atoms with E-state index in [4.69, 9.17) is 26.8 Å². The first-order valence-corrected chi connectivity index (χ1v) is 7.66. The Balaban J connectivity index is 1.91. The van der Waals surface area contributed by atoms with Crippen LogP contribution in [0.25, 0.3) is 0 Å². The quantitative estimate of drug-likeness (QED) is 0.754. The summed E-state index contributed by atoms with van der Waals surface area (Å²) in [5.74, 6) is -1.60. The molecule has 0 amide bonds. The molecule has 1 saturated carbocycles. The highest BCUT2D eigenvalue weighted by atomic mass is 35.5. The van der Waals surface area contributed by atoms with E-state index in [1.165, 1.54) is 0 Å². The number of amidine groups is 1. The summed E-state index contributed by atoms with van der Waals surface area (Å²) in [4.78, 5) is 2.93. The summed E-state index contributed by atoms with van der Waals surface area (Å²) >= 11 is 5.94. The molecule has 5 atom stereocenters. The maximum Gasteiger partial charge on any atom is 0.343 e. The molecule has 3 N–H and O–H groups in total. The zero-order chi connectivity index (χ0) is 16.5. The molecular formula is C16H14ClN4O2+. The van der Waals surface area contributed by atoms with Crippen LogP contribution in [0.5, 0.6) is 0 Å². The van der Waals surface area contributed by atoms with Crippen LogP contribution < -0.4 is 10.7 Å². The first kappa shape index (κ1) is 14.5. The van der Waals surface area contributed by atoms with Gasteiger partial charge in [-0.25, -0.2) is 4.99 Å². The molecule has 2 heterocycles. The van der Waals surface area contributed by atoms with Crippen LogP contribution in [0.4, 0.5) is 0 Å². The van der Waals surface area contributed by atoms with Crippen molar-refractivity contribution in [1.29, 1.82) is 10.5 Å². The summed E-state index contributed by atoms with van der Waals surface area (Å²) in [7, 11) is 0. The van der Waals surface area contributed by atoms with Crippen LogP contribution in [0, 0.1) is 33.5 Å². The van der Waals surface area contributed by atoms with Crippen molar-refractivity contribution < 1.29 is 14.5 Å². The van der Waals surface area contributed by atoms with Crippen molar-refractivity contribution in [3.8, 4) is 12.1 Å². The Morgan fingerprint density at radius 2 is 2.00 bits per heavy atom. The molecule has 1 aromatic rings. The summed E-state index contributed by atoms with van der Waals surface area (Å²) < 4.78 is 11.7. The van der Waals surface area contributed by atoms with Crippen LogP contribution in [0.15, 0.2) is 24.3 Å². The Morgan fingerprint density at radius 1 is 1.30 bits per heavy atom. The van der Waals surface area contributed by atoms with E-state index < -0.39 is 22.7 Å². The molecule has 23 heavy (non-hydrogen) atoms. The second-order valence-electron chi connectivity index (χ2n) is 6.22. The number of ether oxygens (including phenoxy) is 2. The van der Waals surface area contributed by atoms with Gasteiger partial charge in [-0.05, 0) is 24.6 Å². The van der Waals surface area contributed by atoms with Gasteiger partial charge in [0.15, 0.2) is 10.8 Å². The number of nitriles is 2. The number of halogens is 1. The average Bonchev–Trinajstić information content (AvgIpc) is 2.92. The van der Waals surface area contributed by atoms with Gasteiger partial charge in [0.05, 0.1) is 24.8 Å². The van der Waals surface area contributed by atoms with Gasteiger partial charge in [-0.1, -0.05) is 23.7 Å². The first-order valence-electron chi connectivity index (χ1n) is 7.28. The standard InChI is InChI=1S/C16H13ClN4O2/c1-9-6-22-16(23-9)15(8-19)12(10-2-4-11(17)5-3-10)14(15,7-18)13(20)21-16/h2-5,9,12H,6H2,1H3,(H2,20,21)/p+1/t9-,12+,14+,15+,16-/m0/s1. The predicted molar refractivity (Wildman–Crippen MR) is 79.7 cm³/mol. The summed E-state index contributed by atoms with van der Waals surface area (Å²) in [6.07, 6.45) is -0.193. The van der Waals surface area contributed by atoms with Crippen LogP contribution in [-0.2, 0) is 9.47 Å². The van der Waals surface area contributed by atoms with E-state index in [-0.39, 0.29) is 11.9 Å². The van der Waals surface area contributed by atoms with Crippen molar-refractivity contribution >= 4 is 17.4 Å². The number of nitrogens with two attached hydrogens (primary N) is 1. The molecule has 1 aromatic carbocycles. The molecule has 7 heteroatoms. The van der Waals surface area contributed by atoms with Crippen molar-refractivity contribution in [2.45, 2.75) is 24.9 Å². The highest BCUT2D eigenvalue weighted by Crippen LogP contribution is 2.79. The molecule has 116 valence electrons. The lowest BCUT2D eigenvalue weighted by molar-refractivity contribution is -0.677. The third-order valence-corrected chi connectivity index (χ3v) is 5.34. The Bertz CT molecular complexity index is 811. The van der Waals surface area contributed by atoms with Gasteiger partial charge in [0, 0.05) is 10.9 Å². The van der Waals surface area contributed by atoms with E-state index in [2.05, 4.69) is 17.1 Å². The molecule has 0 radical (unpaired) electrons. The fraction of sp³-hybridized carbons (Fsp3) is 0.438. The molecule has 0 unspecified atom stereocenters. The Labute approximate surface area is 138 Å². The zero-order valence-electron chi connectivity index (χ0n) is 12.3. The highest BCUT2D eigenvalue weighted by molar-refractivity contribution is 6.30. The number of hydrogen-bond donors (Lipinski definition) is 2. The van der Waals surface area contributed by atoms with E-state index in [1.807, 2.05) is 19.1 Å². The monoisotopic (exact) mass is 329 g/mol. The average molecular weight is 330 g/mol. The molecule has 2 aliphatic heterocycles. The lowest BCUT2D eigenvalue weighted by Gasteiger charge is -2.23. The first-order chi connectivity index (χ1) is 11.0. The summed E-state index contributed by atoms with van der Waals surface area (Å²) in [6.45, 7) is 2.18. The van der Waals surface area contributed by atoms with E-state index in [9.17, 15) is 10.5 Å². The summed E-state index contributed by atoms with van der Waals surface area (Å²) in [6, 6.07) is 11.6. The third-order valence-electron chi connectivity index (χ3n) is 5.09. The van der Waals surface area contributed by atoms with Crippen LogP contribution in [-0.4, -0.2) is 24.5 Å². The Hall–Kier alpha value is -2.12. The maximum absolute atomic E-state index is 9.98. The van der Waals surface area contributed by atoms with Crippen molar-refractivity contribution in [3.05, 3.63) is 34.9 Å². The molecule has 3 aliphatic rings. The van der Waals surface area contributed by atoms with Crippen LogP contribution in [0.3, 0.4) is 0 Å². The molecule has 6 nitrogen and oxygen atoms in total.